The molecule has 0 atom stereocenters. The van der Waals surface area contributed by atoms with E-state index in [0.29, 0.717) is 0 Å². The van der Waals surface area contributed by atoms with Crippen LogP contribution >= 0.6 is 0 Å². The summed E-state index contributed by atoms with van der Waals surface area (Å²) in [6, 6.07) is 11.0. The number of imide groups is 1. The number of halogens is 3. The van der Waals surface area contributed by atoms with E-state index in [4.69, 9.17) is 0 Å². The zero-order valence-electron chi connectivity index (χ0n) is 14.8. The predicted octanol–water partition coefficient (Wildman–Crippen LogP) is 2.83. The number of alkyl halides is 3. The van der Waals surface area contributed by atoms with Crippen LogP contribution in [0.2, 0.25) is 0 Å². The van der Waals surface area contributed by atoms with Gasteiger partial charge in [-0.1, -0.05) is 24.3 Å². The first-order valence-corrected chi connectivity index (χ1v) is 8.28. The molecule has 6 nitrogen and oxygen atoms in total. The average molecular weight is 391 g/mol. The fourth-order valence-electron chi connectivity index (χ4n) is 2.93. The number of para-hydroxylation sites is 1. The Hall–Kier alpha value is -3.20. The molecule has 1 N–H and O–H groups in total. The molecule has 0 unspecified atom stereocenters. The molecular formula is C19H16F3N3O3. The van der Waals surface area contributed by atoms with E-state index in [1.165, 1.54) is 36.2 Å². The molecule has 0 fully saturated rings. The Morgan fingerprint density at radius 2 is 1.54 bits per heavy atom. The maximum atomic E-state index is 13.0. The minimum atomic E-state index is -4.60. The monoisotopic (exact) mass is 391 g/mol. The van der Waals surface area contributed by atoms with Gasteiger partial charge in [-0.3, -0.25) is 24.2 Å². The number of carbonyl (C=O) groups excluding carboxylic acids is 3. The zero-order valence-corrected chi connectivity index (χ0v) is 14.8. The molecule has 0 bridgehead atoms. The van der Waals surface area contributed by atoms with Crippen LogP contribution in [0.1, 0.15) is 26.3 Å². The Bertz CT molecular complexity index is 908. The third-order valence-corrected chi connectivity index (χ3v) is 4.18. The second-order valence-electron chi connectivity index (χ2n) is 6.33. The molecular weight excluding hydrogens is 375 g/mol. The fourth-order valence-corrected chi connectivity index (χ4v) is 2.93. The van der Waals surface area contributed by atoms with Crippen LogP contribution in [0.3, 0.4) is 0 Å². The maximum Gasteiger partial charge on any atom is 0.418 e. The van der Waals surface area contributed by atoms with Crippen LogP contribution in [0, 0.1) is 0 Å². The molecule has 3 amide bonds. The molecule has 0 saturated carbocycles. The van der Waals surface area contributed by atoms with Gasteiger partial charge >= 0.3 is 6.18 Å². The van der Waals surface area contributed by atoms with Gasteiger partial charge < -0.3 is 5.32 Å². The van der Waals surface area contributed by atoms with Gasteiger partial charge in [-0.2, -0.15) is 13.2 Å². The Kier molecular flexibility index (Phi) is 5.19. The van der Waals surface area contributed by atoms with Crippen LogP contribution in [0.15, 0.2) is 48.5 Å². The molecule has 0 radical (unpaired) electrons. The van der Waals surface area contributed by atoms with E-state index in [-0.39, 0.29) is 30.0 Å². The van der Waals surface area contributed by atoms with Gasteiger partial charge in [0.1, 0.15) is 0 Å². The van der Waals surface area contributed by atoms with E-state index >= 15 is 0 Å². The normalized spacial score (nSPS) is 13.8. The van der Waals surface area contributed by atoms with Crippen molar-refractivity contribution in [1.82, 2.24) is 9.80 Å². The number of benzene rings is 2. The summed E-state index contributed by atoms with van der Waals surface area (Å²) in [6.45, 7) is -0.472. The molecule has 3 rings (SSSR count). The lowest BCUT2D eigenvalue weighted by atomic mass is 10.1. The van der Waals surface area contributed by atoms with Crippen molar-refractivity contribution in [3.8, 4) is 0 Å². The van der Waals surface area contributed by atoms with Crippen LogP contribution in [0.4, 0.5) is 18.9 Å². The van der Waals surface area contributed by atoms with Crippen LogP contribution in [-0.4, -0.2) is 47.8 Å². The topological polar surface area (TPSA) is 69.7 Å². The third-order valence-electron chi connectivity index (χ3n) is 4.18. The first-order chi connectivity index (χ1) is 13.2. The second kappa shape index (κ2) is 7.43. The minimum absolute atomic E-state index is 0.166. The number of anilines is 1. The molecule has 1 heterocycles. The van der Waals surface area contributed by atoms with E-state index in [0.717, 1.165) is 17.0 Å². The van der Waals surface area contributed by atoms with Crippen molar-refractivity contribution in [3.05, 3.63) is 65.2 Å². The Morgan fingerprint density at radius 3 is 2.11 bits per heavy atom. The van der Waals surface area contributed by atoms with Crippen LogP contribution < -0.4 is 5.32 Å². The van der Waals surface area contributed by atoms with Crippen molar-refractivity contribution < 1.29 is 27.6 Å². The van der Waals surface area contributed by atoms with E-state index in [9.17, 15) is 27.6 Å². The molecule has 0 spiro atoms. The lowest BCUT2D eigenvalue weighted by molar-refractivity contribution is -0.137. The van der Waals surface area contributed by atoms with E-state index in [2.05, 4.69) is 5.32 Å². The highest BCUT2D eigenvalue weighted by Gasteiger charge is 2.36. The van der Waals surface area contributed by atoms with Crippen molar-refractivity contribution in [2.45, 2.75) is 6.18 Å². The highest BCUT2D eigenvalue weighted by Crippen LogP contribution is 2.34. The molecule has 0 saturated heterocycles. The highest BCUT2D eigenvalue weighted by molar-refractivity contribution is 6.21. The Labute approximate surface area is 158 Å². The number of fused-ring (bicyclic) bond motifs is 1. The highest BCUT2D eigenvalue weighted by atomic mass is 19.4. The van der Waals surface area contributed by atoms with Crippen LogP contribution in [0.25, 0.3) is 0 Å². The Balaban J connectivity index is 1.64. The summed E-state index contributed by atoms with van der Waals surface area (Å²) in [5.41, 5.74) is -0.741. The van der Waals surface area contributed by atoms with Crippen LogP contribution in [0.5, 0.6) is 0 Å². The summed E-state index contributed by atoms with van der Waals surface area (Å²) >= 11 is 0. The van der Waals surface area contributed by atoms with Crippen molar-refractivity contribution in [2.75, 3.05) is 25.6 Å². The number of rotatable bonds is 5. The maximum absolute atomic E-state index is 13.0. The van der Waals surface area contributed by atoms with E-state index in [1.807, 2.05) is 0 Å². The van der Waals surface area contributed by atoms with Crippen molar-refractivity contribution in [3.63, 3.8) is 0 Å². The summed E-state index contributed by atoms with van der Waals surface area (Å²) in [4.78, 5) is 39.2. The summed E-state index contributed by atoms with van der Waals surface area (Å²) in [5.74, 6) is -1.65. The third kappa shape index (κ3) is 3.89. The van der Waals surface area contributed by atoms with Gasteiger partial charge in [0.25, 0.3) is 11.8 Å². The molecule has 0 aromatic heterocycles. The smallest absolute Gasteiger partial charge is 0.324 e. The molecule has 1 aliphatic rings. The largest absolute Gasteiger partial charge is 0.418 e. The number of nitrogens with zero attached hydrogens (tertiary/aromatic N) is 2. The molecule has 28 heavy (non-hydrogen) atoms. The van der Waals surface area contributed by atoms with Gasteiger partial charge in [-0.15, -0.1) is 0 Å². The molecule has 2 aromatic rings. The molecule has 2 aromatic carbocycles. The summed E-state index contributed by atoms with van der Waals surface area (Å²) in [5, 5.41) is 2.22. The quantitative estimate of drug-likeness (QED) is 0.796. The molecule has 9 heteroatoms. The number of carbonyl (C=O) groups is 3. The van der Waals surface area contributed by atoms with Gasteiger partial charge in [-0.25, -0.2) is 0 Å². The standard InChI is InChI=1S/C19H16F3N3O3/c1-24(11-25-17(27)12-6-2-3-7-13(12)18(25)28)10-16(26)23-15-9-5-4-8-14(15)19(20,21)22/h2-9H,10-11H2,1H3,(H,23,26). The lowest BCUT2D eigenvalue weighted by Gasteiger charge is -2.22. The van der Waals surface area contributed by atoms with Gasteiger partial charge in [0, 0.05) is 0 Å². The van der Waals surface area contributed by atoms with Crippen molar-refractivity contribution in [2.24, 2.45) is 0 Å². The number of amides is 3. The summed E-state index contributed by atoms with van der Waals surface area (Å²) in [6.07, 6.45) is -4.60. The van der Waals surface area contributed by atoms with E-state index in [1.54, 1.807) is 12.1 Å². The second-order valence-corrected chi connectivity index (χ2v) is 6.33. The molecule has 0 aliphatic carbocycles. The summed E-state index contributed by atoms with van der Waals surface area (Å²) < 4.78 is 39.0. The van der Waals surface area contributed by atoms with Gasteiger partial charge in [-0.05, 0) is 31.3 Å². The number of hydrogen-bond donors (Lipinski definition) is 1. The van der Waals surface area contributed by atoms with Crippen molar-refractivity contribution >= 4 is 23.4 Å². The average Bonchev–Trinajstić information content (AvgIpc) is 2.86. The predicted molar refractivity (Wildman–Crippen MR) is 94.5 cm³/mol. The number of hydrogen-bond acceptors (Lipinski definition) is 4. The number of nitrogens with one attached hydrogen (secondary N) is 1. The summed E-state index contributed by atoms with van der Waals surface area (Å²) in [7, 11) is 1.48. The number of likely N-dealkylation sites (N-methyl/N-ethyl adjacent to an activating group) is 1. The zero-order chi connectivity index (χ0) is 20.5. The first-order valence-electron chi connectivity index (χ1n) is 8.28. The van der Waals surface area contributed by atoms with Gasteiger partial charge in [0.05, 0.1) is 35.6 Å². The SMILES string of the molecule is CN(CC(=O)Nc1ccccc1C(F)(F)F)CN1C(=O)c2ccccc2C1=O. The van der Waals surface area contributed by atoms with Gasteiger partial charge in [0.2, 0.25) is 5.91 Å². The molecule has 1 aliphatic heterocycles. The van der Waals surface area contributed by atoms with Crippen molar-refractivity contribution in [1.29, 1.82) is 0 Å². The van der Waals surface area contributed by atoms with Crippen LogP contribution in [-0.2, 0) is 11.0 Å². The molecule has 146 valence electrons. The lowest BCUT2D eigenvalue weighted by Crippen LogP contribution is -2.42. The van der Waals surface area contributed by atoms with E-state index < -0.39 is 29.5 Å². The first kappa shape index (κ1) is 19.6. The fraction of sp³-hybridized carbons (Fsp3) is 0.211. The van der Waals surface area contributed by atoms with Gasteiger partial charge in [0.15, 0.2) is 0 Å². The minimum Gasteiger partial charge on any atom is -0.324 e. The Morgan fingerprint density at radius 1 is 1.00 bits per heavy atom.